The minimum Gasteiger partial charge on any atom is -0.497 e. The van der Waals surface area contributed by atoms with Crippen molar-refractivity contribution in [1.82, 2.24) is 0 Å². The summed E-state index contributed by atoms with van der Waals surface area (Å²) < 4.78 is 11.9. The molecule has 0 spiro atoms. The fourth-order valence-corrected chi connectivity index (χ4v) is 3.00. The molecule has 0 aromatic heterocycles. The highest BCUT2D eigenvalue weighted by Crippen LogP contribution is 2.33. The third-order valence-electron chi connectivity index (χ3n) is 2.69. The van der Waals surface area contributed by atoms with E-state index in [1.807, 2.05) is 43.3 Å². The summed E-state index contributed by atoms with van der Waals surface area (Å²) in [4.78, 5) is 0.828. The molecule has 0 atom stereocenters. The fourth-order valence-electron chi connectivity index (χ4n) is 1.77. The van der Waals surface area contributed by atoms with Crippen LogP contribution in [0.3, 0.4) is 0 Å². The lowest BCUT2D eigenvalue weighted by atomic mass is 10.2. The monoisotopic (exact) mass is 338 g/mol. The van der Waals surface area contributed by atoms with Crippen LogP contribution < -0.4 is 9.47 Å². The Bertz CT molecular complexity index is 561. The maximum absolute atomic E-state index is 5.83. The molecule has 0 saturated carbocycles. The van der Waals surface area contributed by atoms with Gasteiger partial charge in [0.2, 0.25) is 0 Å². The number of hydrogen-bond donors (Lipinski definition) is 1. The van der Waals surface area contributed by atoms with Gasteiger partial charge in [-0.15, -0.1) is 12.6 Å². The number of aryl methyl sites for hydroxylation is 1. The van der Waals surface area contributed by atoms with Crippen molar-refractivity contribution in [2.45, 2.75) is 18.4 Å². The van der Waals surface area contributed by atoms with Crippen molar-refractivity contribution >= 4 is 28.6 Å². The third kappa shape index (κ3) is 3.67. The largest absolute Gasteiger partial charge is 0.497 e. The number of benzene rings is 2. The van der Waals surface area contributed by atoms with Crippen molar-refractivity contribution in [2.75, 3.05) is 7.11 Å². The molecule has 0 saturated heterocycles. The number of hydrogen-bond acceptors (Lipinski definition) is 3. The van der Waals surface area contributed by atoms with Crippen molar-refractivity contribution in [2.24, 2.45) is 0 Å². The highest BCUT2D eigenvalue weighted by atomic mass is 79.9. The molecule has 2 nitrogen and oxygen atoms in total. The Morgan fingerprint density at radius 2 is 2.00 bits per heavy atom. The second-order valence-electron chi connectivity index (χ2n) is 4.24. The van der Waals surface area contributed by atoms with E-state index in [-0.39, 0.29) is 0 Å². The topological polar surface area (TPSA) is 18.5 Å². The van der Waals surface area contributed by atoms with Crippen molar-refractivity contribution in [3.63, 3.8) is 0 Å². The predicted octanol–water partition coefficient (Wildman–Crippen LogP) is 4.63. The van der Waals surface area contributed by atoms with Crippen molar-refractivity contribution < 1.29 is 9.47 Å². The van der Waals surface area contributed by atoms with Gasteiger partial charge in [0, 0.05) is 4.90 Å². The van der Waals surface area contributed by atoms with Gasteiger partial charge in [0.05, 0.1) is 11.6 Å². The molecule has 0 radical (unpaired) electrons. The molecule has 19 heavy (non-hydrogen) atoms. The van der Waals surface area contributed by atoms with Gasteiger partial charge in [0.25, 0.3) is 0 Å². The number of halogens is 1. The van der Waals surface area contributed by atoms with Crippen LogP contribution >= 0.6 is 28.6 Å². The van der Waals surface area contributed by atoms with Crippen molar-refractivity contribution in [1.29, 1.82) is 0 Å². The summed E-state index contributed by atoms with van der Waals surface area (Å²) in [5.41, 5.74) is 2.20. The van der Waals surface area contributed by atoms with E-state index in [0.29, 0.717) is 6.61 Å². The molecule has 0 N–H and O–H groups in total. The van der Waals surface area contributed by atoms with Crippen molar-refractivity contribution in [3.05, 3.63) is 52.0 Å². The van der Waals surface area contributed by atoms with Crippen LogP contribution in [-0.2, 0) is 6.61 Å². The van der Waals surface area contributed by atoms with Crippen LogP contribution in [0.1, 0.15) is 11.1 Å². The summed E-state index contributed by atoms with van der Waals surface area (Å²) in [5, 5.41) is 0. The van der Waals surface area contributed by atoms with Gasteiger partial charge >= 0.3 is 0 Å². The number of ether oxygens (including phenoxy) is 2. The maximum Gasteiger partial charge on any atom is 0.147 e. The molecule has 0 amide bonds. The summed E-state index contributed by atoms with van der Waals surface area (Å²) in [5.74, 6) is 1.59. The Kier molecular flexibility index (Phi) is 4.77. The summed E-state index contributed by atoms with van der Waals surface area (Å²) in [6.45, 7) is 2.50. The summed E-state index contributed by atoms with van der Waals surface area (Å²) in [7, 11) is 1.66. The van der Waals surface area contributed by atoms with Gasteiger partial charge in [-0.25, -0.2) is 0 Å². The normalized spacial score (nSPS) is 10.3. The lowest BCUT2D eigenvalue weighted by molar-refractivity contribution is 0.296. The van der Waals surface area contributed by atoms with Crippen LogP contribution in [0.2, 0.25) is 0 Å². The zero-order valence-corrected chi connectivity index (χ0v) is 13.3. The Morgan fingerprint density at radius 3 is 2.68 bits per heavy atom. The lowest BCUT2D eigenvalue weighted by Gasteiger charge is -2.12. The van der Waals surface area contributed by atoms with E-state index < -0.39 is 0 Å². The smallest absolute Gasteiger partial charge is 0.147 e. The van der Waals surface area contributed by atoms with Gasteiger partial charge in [0.1, 0.15) is 18.1 Å². The summed E-state index contributed by atoms with van der Waals surface area (Å²) in [6, 6.07) is 11.8. The Hall–Kier alpha value is -1.13. The second-order valence-corrected chi connectivity index (χ2v) is 5.57. The van der Waals surface area contributed by atoms with Gasteiger partial charge in [-0.1, -0.05) is 12.1 Å². The van der Waals surface area contributed by atoms with Crippen LogP contribution in [0.5, 0.6) is 11.5 Å². The molecule has 0 fully saturated rings. The standard InChI is InChI=1S/C15H15BrO2S/c1-10-6-13(16)15(14(19)7-10)18-9-11-4-3-5-12(8-11)17-2/h3-8,19H,9H2,1-2H3. The highest BCUT2D eigenvalue weighted by Gasteiger charge is 2.07. The fraction of sp³-hybridized carbons (Fsp3) is 0.200. The molecule has 0 aliphatic heterocycles. The average molecular weight is 339 g/mol. The first-order valence-corrected chi connectivity index (χ1v) is 7.09. The Balaban J connectivity index is 2.14. The first kappa shape index (κ1) is 14.3. The molecular weight excluding hydrogens is 324 g/mol. The van der Waals surface area contributed by atoms with E-state index in [0.717, 1.165) is 32.0 Å². The van der Waals surface area contributed by atoms with E-state index >= 15 is 0 Å². The molecule has 2 aromatic carbocycles. The molecule has 4 heteroatoms. The minimum absolute atomic E-state index is 0.479. The zero-order chi connectivity index (χ0) is 13.8. The van der Waals surface area contributed by atoms with Crippen LogP contribution in [0.15, 0.2) is 45.8 Å². The second kappa shape index (κ2) is 6.35. The van der Waals surface area contributed by atoms with Gasteiger partial charge in [0.15, 0.2) is 0 Å². The SMILES string of the molecule is COc1cccc(COc2c(S)cc(C)cc2Br)c1. The van der Waals surface area contributed by atoms with Gasteiger partial charge in [-0.2, -0.15) is 0 Å². The number of thiol groups is 1. The molecule has 0 aliphatic rings. The minimum atomic E-state index is 0.479. The number of methoxy groups -OCH3 is 1. The van der Waals surface area contributed by atoms with Gasteiger partial charge < -0.3 is 9.47 Å². The highest BCUT2D eigenvalue weighted by molar-refractivity contribution is 9.10. The molecule has 0 bridgehead atoms. The summed E-state index contributed by atoms with van der Waals surface area (Å²) >= 11 is 7.94. The van der Waals surface area contributed by atoms with E-state index in [2.05, 4.69) is 28.6 Å². The Morgan fingerprint density at radius 1 is 1.21 bits per heavy atom. The quantitative estimate of drug-likeness (QED) is 0.819. The van der Waals surface area contributed by atoms with Gasteiger partial charge in [-0.3, -0.25) is 0 Å². The third-order valence-corrected chi connectivity index (χ3v) is 3.61. The molecule has 0 aliphatic carbocycles. The molecule has 100 valence electrons. The zero-order valence-electron chi connectivity index (χ0n) is 10.8. The predicted molar refractivity (Wildman–Crippen MR) is 83.5 cm³/mol. The lowest BCUT2D eigenvalue weighted by Crippen LogP contribution is -1.98. The molecule has 2 aromatic rings. The Labute approximate surface area is 127 Å². The average Bonchev–Trinajstić information content (AvgIpc) is 2.37. The van der Waals surface area contributed by atoms with E-state index in [1.54, 1.807) is 7.11 Å². The molecular formula is C15H15BrO2S. The van der Waals surface area contributed by atoms with Crippen LogP contribution in [0.4, 0.5) is 0 Å². The van der Waals surface area contributed by atoms with Crippen LogP contribution in [0.25, 0.3) is 0 Å². The van der Waals surface area contributed by atoms with E-state index in [4.69, 9.17) is 9.47 Å². The van der Waals surface area contributed by atoms with Gasteiger partial charge in [-0.05, 0) is 58.2 Å². The summed E-state index contributed by atoms with van der Waals surface area (Å²) in [6.07, 6.45) is 0. The van der Waals surface area contributed by atoms with Crippen LogP contribution in [-0.4, -0.2) is 7.11 Å². The molecule has 0 heterocycles. The van der Waals surface area contributed by atoms with E-state index in [1.165, 1.54) is 0 Å². The first-order valence-electron chi connectivity index (χ1n) is 5.85. The van der Waals surface area contributed by atoms with E-state index in [9.17, 15) is 0 Å². The first-order chi connectivity index (χ1) is 9.10. The maximum atomic E-state index is 5.83. The van der Waals surface area contributed by atoms with Crippen molar-refractivity contribution in [3.8, 4) is 11.5 Å². The number of rotatable bonds is 4. The van der Waals surface area contributed by atoms with Crippen LogP contribution in [0, 0.1) is 6.92 Å². The molecule has 0 unspecified atom stereocenters. The molecule has 2 rings (SSSR count).